The summed E-state index contributed by atoms with van der Waals surface area (Å²) in [5.74, 6) is 1.23. The van der Waals surface area contributed by atoms with Gasteiger partial charge in [-0.3, -0.25) is 4.79 Å². The highest BCUT2D eigenvalue weighted by Gasteiger charge is 2.12. The van der Waals surface area contributed by atoms with Crippen LogP contribution in [0.15, 0.2) is 48.5 Å². The van der Waals surface area contributed by atoms with Crippen LogP contribution in [0.1, 0.15) is 28.4 Å². The molecule has 0 spiro atoms. The average molecular weight is 343 g/mol. The number of benzene rings is 2. The van der Waals surface area contributed by atoms with Crippen molar-refractivity contribution in [3.63, 3.8) is 0 Å². The van der Waals surface area contributed by atoms with Crippen molar-refractivity contribution in [1.82, 2.24) is 5.32 Å². The molecule has 0 saturated carbocycles. The van der Waals surface area contributed by atoms with Crippen LogP contribution in [0.5, 0.6) is 11.5 Å². The van der Waals surface area contributed by atoms with E-state index in [9.17, 15) is 4.79 Å². The minimum atomic E-state index is -0.0302. The highest BCUT2D eigenvalue weighted by molar-refractivity contribution is 5.96. The van der Waals surface area contributed by atoms with Crippen LogP contribution in [0.25, 0.3) is 0 Å². The molecule has 2 aromatic carbocycles. The fourth-order valence-corrected chi connectivity index (χ4v) is 2.59. The summed E-state index contributed by atoms with van der Waals surface area (Å²) in [5.41, 5.74) is 1.73. The Balaban J connectivity index is 1.84. The molecule has 0 saturated heterocycles. The van der Waals surface area contributed by atoms with E-state index in [0.717, 1.165) is 5.56 Å². The summed E-state index contributed by atoms with van der Waals surface area (Å²) < 4.78 is 15.9. The maximum Gasteiger partial charge on any atom is 0.164 e. The number of hydrogen-bond acceptors (Lipinski definition) is 5. The molecule has 25 heavy (non-hydrogen) atoms. The van der Waals surface area contributed by atoms with Crippen molar-refractivity contribution in [2.75, 3.05) is 34.4 Å². The zero-order chi connectivity index (χ0) is 18.1. The minimum Gasteiger partial charge on any atom is -0.493 e. The summed E-state index contributed by atoms with van der Waals surface area (Å²) in [6, 6.07) is 15.2. The molecule has 134 valence electrons. The average Bonchev–Trinajstić information content (AvgIpc) is 2.67. The van der Waals surface area contributed by atoms with Gasteiger partial charge in [0.25, 0.3) is 0 Å². The molecule has 0 aliphatic rings. The maximum atomic E-state index is 12.3. The molecule has 0 radical (unpaired) electrons. The van der Waals surface area contributed by atoms with Gasteiger partial charge in [-0.2, -0.15) is 0 Å². The third kappa shape index (κ3) is 5.31. The lowest BCUT2D eigenvalue weighted by molar-refractivity contribution is 0.0953. The summed E-state index contributed by atoms with van der Waals surface area (Å²) in [7, 11) is 4.82. The molecule has 1 N–H and O–H groups in total. The van der Waals surface area contributed by atoms with Crippen LogP contribution in [-0.4, -0.2) is 40.2 Å². The van der Waals surface area contributed by atoms with Gasteiger partial charge in [0.1, 0.15) is 0 Å². The lowest BCUT2D eigenvalue weighted by Crippen LogP contribution is -2.25. The minimum absolute atomic E-state index is 0.0302. The second kappa shape index (κ2) is 9.81. The van der Waals surface area contributed by atoms with Crippen LogP contribution in [0, 0.1) is 0 Å². The fourth-order valence-electron chi connectivity index (χ4n) is 2.59. The molecule has 2 aromatic rings. The number of carbonyl (C=O) groups is 1. The second-order valence-electron chi connectivity index (χ2n) is 5.58. The van der Waals surface area contributed by atoms with Crippen molar-refractivity contribution in [3.05, 3.63) is 59.7 Å². The molecular weight excluding hydrogens is 318 g/mol. The topological polar surface area (TPSA) is 56.8 Å². The molecular formula is C20H25NO4. The van der Waals surface area contributed by atoms with Crippen molar-refractivity contribution in [1.29, 1.82) is 0 Å². The van der Waals surface area contributed by atoms with E-state index in [1.165, 1.54) is 0 Å². The van der Waals surface area contributed by atoms with Gasteiger partial charge in [-0.25, -0.2) is 0 Å². The van der Waals surface area contributed by atoms with Gasteiger partial charge in [-0.1, -0.05) is 30.3 Å². The third-order valence-electron chi connectivity index (χ3n) is 4.02. The van der Waals surface area contributed by atoms with E-state index in [-0.39, 0.29) is 11.9 Å². The molecule has 1 atom stereocenters. The molecule has 0 fully saturated rings. The standard InChI is InChI=1S/C20H25NO4/c1-23-18-10-9-16(13-19(18)24-2)17(22)11-12-21-14-20(25-3)15-7-5-4-6-8-15/h4-10,13,20-21H,11-12,14H2,1-3H3. The Morgan fingerprint density at radius 3 is 2.36 bits per heavy atom. The van der Waals surface area contributed by atoms with Crippen LogP contribution in [-0.2, 0) is 4.74 Å². The largest absolute Gasteiger partial charge is 0.493 e. The summed E-state index contributed by atoms with van der Waals surface area (Å²) >= 11 is 0. The number of hydrogen-bond donors (Lipinski definition) is 1. The first-order valence-corrected chi connectivity index (χ1v) is 8.23. The molecule has 0 heterocycles. The van der Waals surface area contributed by atoms with Crippen LogP contribution in [0.4, 0.5) is 0 Å². The SMILES string of the molecule is COc1ccc(C(=O)CCNCC(OC)c2ccccc2)cc1OC. The molecule has 0 amide bonds. The van der Waals surface area contributed by atoms with E-state index in [0.29, 0.717) is 36.6 Å². The van der Waals surface area contributed by atoms with Gasteiger partial charge in [0.15, 0.2) is 17.3 Å². The summed E-state index contributed by atoms with van der Waals surface area (Å²) in [5, 5.41) is 3.28. The van der Waals surface area contributed by atoms with Gasteiger partial charge in [0.2, 0.25) is 0 Å². The Morgan fingerprint density at radius 1 is 1.00 bits per heavy atom. The number of nitrogens with one attached hydrogen (secondary N) is 1. The van der Waals surface area contributed by atoms with E-state index in [2.05, 4.69) is 5.32 Å². The number of ketones is 1. The molecule has 1 unspecified atom stereocenters. The summed E-state index contributed by atoms with van der Waals surface area (Å²) in [6.45, 7) is 1.24. The molecule has 5 heteroatoms. The number of ether oxygens (including phenoxy) is 3. The van der Waals surface area contributed by atoms with Crippen molar-refractivity contribution in [2.45, 2.75) is 12.5 Å². The quantitative estimate of drug-likeness (QED) is 0.530. The van der Waals surface area contributed by atoms with Crippen molar-refractivity contribution >= 4 is 5.78 Å². The van der Waals surface area contributed by atoms with E-state index in [4.69, 9.17) is 14.2 Å². The first-order valence-electron chi connectivity index (χ1n) is 8.23. The highest BCUT2D eigenvalue weighted by atomic mass is 16.5. The number of rotatable bonds is 10. The normalized spacial score (nSPS) is 11.8. The Kier molecular flexibility index (Phi) is 7.44. The number of carbonyl (C=O) groups excluding carboxylic acids is 1. The van der Waals surface area contributed by atoms with E-state index in [1.807, 2.05) is 30.3 Å². The monoisotopic (exact) mass is 343 g/mol. The van der Waals surface area contributed by atoms with Crippen LogP contribution >= 0.6 is 0 Å². The van der Waals surface area contributed by atoms with Crippen molar-refractivity contribution < 1.29 is 19.0 Å². The van der Waals surface area contributed by atoms with Gasteiger partial charge in [-0.15, -0.1) is 0 Å². The van der Waals surface area contributed by atoms with Gasteiger partial charge >= 0.3 is 0 Å². The Morgan fingerprint density at radius 2 is 1.72 bits per heavy atom. The highest BCUT2D eigenvalue weighted by Crippen LogP contribution is 2.27. The van der Waals surface area contributed by atoms with Crippen LogP contribution in [0.2, 0.25) is 0 Å². The lowest BCUT2D eigenvalue weighted by atomic mass is 10.1. The smallest absolute Gasteiger partial charge is 0.164 e. The first kappa shape index (κ1) is 19.0. The molecule has 0 aromatic heterocycles. The van der Waals surface area contributed by atoms with Crippen LogP contribution in [0.3, 0.4) is 0 Å². The Bertz CT molecular complexity index is 673. The zero-order valence-corrected chi connectivity index (χ0v) is 15.0. The number of Topliss-reactive ketones (excluding diaryl/α,β-unsaturated/α-hetero) is 1. The Hall–Kier alpha value is -2.37. The van der Waals surface area contributed by atoms with E-state index >= 15 is 0 Å². The molecule has 0 bridgehead atoms. The summed E-state index contributed by atoms with van der Waals surface area (Å²) in [4.78, 5) is 12.3. The predicted molar refractivity (Wildman–Crippen MR) is 97.6 cm³/mol. The fraction of sp³-hybridized carbons (Fsp3) is 0.350. The van der Waals surface area contributed by atoms with Gasteiger partial charge in [-0.05, 0) is 23.8 Å². The predicted octanol–water partition coefficient (Wildman–Crippen LogP) is 3.25. The third-order valence-corrected chi connectivity index (χ3v) is 4.02. The summed E-state index contributed by atoms with van der Waals surface area (Å²) in [6.07, 6.45) is 0.373. The Labute approximate surface area is 148 Å². The number of methoxy groups -OCH3 is 3. The van der Waals surface area contributed by atoms with Gasteiger partial charge in [0.05, 0.1) is 20.3 Å². The molecule has 5 nitrogen and oxygen atoms in total. The molecule has 0 aliphatic carbocycles. The first-order chi connectivity index (χ1) is 12.2. The molecule has 0 aliphatic heterocycles. The van der Waals surface area contributed by atoms with E-state index in [1.54, 1.807) is 39.5 Å². The molecule has 2 rings (SSSR count). The van der Waals surface area contributed by atoms with Crippen molar-refractivity contribution in [3.8, 4) is 11.5 Å². The van der Waals surface area contributed by atoms with Crippen LogP contribution < -0.4 is 14.8 Å². The van der Waals surface area contributed by atoms with Gasteiger partial charge < -0.3 is 19.5 Å². The van der Waals surface area contributed by atoms with Gasteiger partial charge in [0, 0.05) is 32.2 Å². The van der Waals surface area contributed by atoms with E-state index < -0.39 is 0 Å². The zero-order valence-electron chi connectivity index (χ0n) is 15.0. The maximum absolute atomic E-state index is 12.3. The van der Waals surface area contributed by atoms with Crippen molar-refractivity contribution in [2.24, 2.45) is 0 Å². The lowest BCUT2D eigenvalue weighted by Gasteiger charge is -2.16. The second-order valence-corrected chi connectivity index (χ2v) is 5.58.